The summed E-state index contributed by atoms with van der Waals surface area (Å²) >= 11 is 6.01. The number of halogens is 2. The average molecular weight is 500 g/mol. The highest BCUT2D eigenvalue weighted by molar-refractivity contribution is 6.30. The lowest BCUT2D eigenvalue weighted by atomic mass is 10.2. The molecule has 0 atom stereocenters. The van der Waals surface area contributed by atoms with E-state index in [1.54, 1.807) is 6.07 Å². The van der Waals surface area contributed by atoms with Crippen LogP contribution in [0.1, 0.15) is 20.3 Å². The minimum Gasteiger partial charge on any atom is -0.379 e. The van der Waals surface area contributed by atoms with Crippen molar-refractivity contribution in [1.82, 2.24) is 15.0 Å². The van der Waals surface area contributed by atoms with Crippen molar-refractivity contribution < 1.29 is 9.13 Å². The van der Waals surface area contributed by atoms with Crippen LogP contribution in [0.25, 0.3) is 0 Å². The Bertz CT molecular complexity index is 1090. The summed E-state index contributed by atoms with van der Waals surface area (Å²) in [6.45, 7) is 8.05. The number of rotatable bonds is 10. The molecule has 10 heteroatoms. The van der Waals surface area contributed by atoms with Crippen LogP contribution in [0.5, 0.6) is 0 Å². The second-order valence-corrected chi connectivity index (χ2v) is 8.98. The van der Waals surface area contributed by atoms with Crippen molar-refractivity contribution in [1.29, 1.82) is 0 Å². The van der Waals surface area contributed by atoms with Crippen LogP contribution in [0.15, 0.2) is 48.5 Å². The molecule has 0 unspecified atom stereocenters. The van der Waals surface area contributed by atoms with Gasteiger partial charge in [-0.05, 0) is 56.7 Å². The van der Waals surface area contributed by atoms with Gasteiger partial charge in [0.25, 0.3) is 0 Å². The zero-order chi connectivity index (χ0) is 24.6. The number of piperazine rings is 1. The monoisotopic (exact) mass is 499 g/mol. The van der Waals surface area contributed by atoms with E-state index < -0.39 is 0 Å². The van der Waals surface area contributed by atoms with Crippen molar-refractivity contribution >= 4 is 40.8 Å². The number of para-hydroxylation sites is 1. The molecule has 1 saturated heterocycles. The van der Waals surface area contributed by atoms with Gasteiger partial charge in [0.2, 0.25) is 17.8 Å². The van der Waals surface area contributed by atoms with E-state index in [-0.39, 0.29) is 11.9 Å². The van der Waals surface area contributed by atoms with E-state index in [1.165, 1.54) is 6.07 Å². The van der Waals surface area contributed by atoms with Gasteiger partial charge in [-0.15, -0.1) is 0 Å². The maximum Gasteiger partial charge on any atom is 0.233 e. The van der Waals surface area contributed by atoms with Crippen molar-refractivity contribution in [2.45, 2.75) is 26.4 Å². The number of anilines is 5. The first-order valence-electron chi connectivity index (χ1n) is 11.9. The highest BCUT2D eigenvalue weighted by Gasteiger charge is 2.22. The van der Waals surface area contributed by atoms with E-state index >= 15 is 0 Å². The summed E-state index contributed by atoms with van der Waals surface area (Å²) in [4.78, 5) is 18.0. The fraction of sp³-hybridized carbons (Fsp3) is 0.400. The van der Waals surface area contributed by atoms with Gasteiger partial charge in [0, 0.05) is 50.0 Å². The van der Waals surface area contributed by atoms with Crippen molar-refractivity contribution in [2.24, 2.45) is 0 Å². The molecule has 4 rings (SSSR count). The summed E-state index contributed by atoms with van der Waals surface area (Å²) in [5.74, 6) is 1.30. The summed E-state index contributed by atoms with van der Waals surface area (Å²) in [6, 6.07) is 14.2. The number of nitrogens with one attached hydrogen (secondary N) is 2. The SMILES string of the molecule is CC(C)OCCCNc1nc(Nc2ccc(Cl)cc2)nc(N2CCN(c3ccccc3F)CC2)n1. The molecular weight excluding hydrogens is 469 g/mol. The van der Waals surface area contributed by atoms with E-state index in [0.717, 1.165) is 12.1 Å². The molecule has 0 spiro atoms. The Morgan fingerprint density at radius 3 is 2.34 bits per heavy atom. The van der Waals surface area contributed by atoms with Crippen LogP contribution in [0.2, 0.25) is 5.02 Å². The number of hydrogen-bond donors (Lipinski definition) is 2. The predicted octanol–water partition coefficient (Wildman–Crippen LogP) is 4.96. The third kappa shape index (κ3) is 7.16. The minimum atomic E-state index is -0.205. The zero-order valence-corrected chi connectivity index (χ0v) is 20.8. The Labute approximate surface area is 210 Å². The molecule has 186 valence electrons. The predicted molar refractivity (Wildman–Crippen MR) is 140 cm³/mol. The van der Waals surface area contributed by atoms with Gasteiger partial charge in [0.15, 0.2) is 0 Å². The quantitative estimate of drug-likeness (QED) is 0.379. The number of ether oxygens (including phenoxy) is 1. The average Bonchev–Trinajstić information content (AvgIpc) is 2.85. The minimum absolute atomic E-state index is 0.205. The summed E-state index contributed by atoms with van der Waals surface area (Å²) < 4.78 is 19.8. The second-order valence-electron chi connectivity index (χ2n) is 8.54. The summed E-state index contributed by atoms with van der Waals surface area (Å²) in [6.07, 6.45) is 1.04. The maximum atomic E-state index is 14.2. The highest BCUT2D eigenvalue weighted by atomic mass is 35.5. The van der Waals surface area contributed by atoms with Gasteiger partial charge in [-0.3, -0.25) is 0 Å². The largest absolute Gasteiger partial charge is 0.379 e. The van der Waals surface area contributed by atoms with Gasteiger partial charge in [-0.2, -0.15) is 15.0 Å². The molecule has 1 aliphatic heterocycles. The Morgan fingerprint density at radius 2 is 1.63 bits per heavy atom. The molecule has 8 nitrogen and oxygen atoms in total. The van der Waals surface area contributed by atoms with E-state index in [2.05, 4.69) is 30.5 Å². The molecule has 0 aliphatic carbocycles. The molecule has 0 amide bonds. The van der Waals surface area contributed by atoms with Crippen LogP contribution in [0.3, 0.4) is 0 Å². The van der Waals surface area contributed by atoms with E-state index in [1.807, 2.05) is 55.1 Å². The van der Waals surface area contributed by atoms with Crippen LogP contribution < -0.4 is 20.4 Å². The molecule has 2 aromatic carbocycles. The molecule has 1 fully saturated rings. The first-order valence-corrected chi connectivity index (χ1v) is 12.2. The fourth-order valence-corrected chi connectivity index (χ4v) is 3.88. The maximum absolute atomic E-state index is 14.2. The molecule has 0 saturated carbocycles. The van der Waals surface area contributed by atoms with E-state index in [4.69, 9.17) is 16.3 Å². The third-order valence-electron chi connectivity index (χ3n) is 5.54. The lowest BCUT2D eigenvalue weighted by Gasteiger charge is -2.36. The number of hydrogen-bond acceptors (Lipinski definition) is 8. The van der Waals surface area contributed by atoms with Crippen LogP contribution in [0, 0.1) is 5.82 Å². The molecule has 0 radical (unpaired) electrons. The van der Waals surface area contributed by atoms with Crippen LogP contribution in [-0.2, 0) is 4.74 Å². The number of aromatic nitrogens is 3. The molecule has 35 heavy (non-hydrogen) atoms. The second kappa shape index (κ2) is 12.0. The van der Waals surface area contributed by atoms with Crippen molar-refractivity contribution in [2.75, 3.05) is 59.8 Å². The number of nitrogens with zero attached hydrogens (tertiary/aromatic N) is 5. The first-order chi connectivity index (χ1) is 17.0. The summed E-state index contributed by atoms with van der Waals surface area (Å²) in [7, 11) is 0. The van der Waals surface area contributed by atoms with Gasteiger partial charge in [0.1, 0.15) is 5.82 Å². The Balaban J connectivity index is 1.46. The normalized spacial score (nSPS) is 13.9. The van der Waals surface area contributed by atoms with Crippen molar-refractivity contribution in [3.05, 3.63) is 59.4 Å². The highest BCUT2D eigenvalue weighted by Crippen LogP contribution is 2.23. The molecule has 2 heterocycles. The standard InChI is InChI=1S/C25H31ClFN7O/c1-18(2)35-17-5-12-28-23-30-24(29-20-10-8-19(26)9-11-20)32-25(31-23)34-15-13-33(14-16-34)22-7-4-3-6-21(22)27/h3-4,6-11,18H,5,12-17H2,1-2H3,(H2,28,29,30,31,32). The topological polar surface area (TPSA) is 78.4 Å². The molecular formula is C25H31ClFN7O. The van der Waals surface area contributed by atoms with Crippen LogP contribution in [-0.4, -0.2) is 60.4 Å². The fourth-order valence-electron chi connectivity index (χ4n) is 3.75. The third-order valence-corrected chi connectivity index (χ3v) is 5.79. The Hall–Kier alpha value is -3.17. The molecule has 0 bridgehead atoms. The summed E-state index contributed by atoms with van der Waals surface area (Å²) in [5, 5.41) is 7.18. The van der Waals surface area contributed by atoms with Crippen molar-refractivity contribution in [3.8, 4) is 0 Å². The lowest BCUT2D eigenvalue weighted by Crippen LogP contribution is -2.47. The van der Waals surface area contributed by atoms with Crippen molar-refractivity contribution in [3.63, 3.8) is 0 Å². The molecule has 1 aliphatic rings. The van der Waals surface area contributed by atoms with Gasteiger partial charge in [-0.1, -0.05) is 23.7 Å². The van der Waals surface area contributed by atoms with E-state index in [9.17, 15) is 4.39 Å². The molecule has 2 N–H and O–H groups in total. The molecule has 3 aromatic rings. The van der Waals surface area contributed by atoms with Gasteiger partial charge in [0.05, 0.1) is 11.8 Å². The Morgan fingerprint density at radius 1 is 0.943 bits per heavy atom. The van der Waals surface area contributed by atoms with Gasteiger partial charge >= 0.3 is 0 Å². The van der Waals surface area contributed by atoms with Gasteiger partial charge in [-0.25, -0.2) is 4.39 Å². The number of benzene rings is 2. The van der Waals surface area contributed by atoms with Crippen LogP contribution >= 0.6 is 11.6 Å². The molecule has 1 aromatic heterocycles. The summed E-state index contributed by atoms with van der Waals surface area (Å²) in [5.41, 5.74) is 1.45. The first kappa shape index (κ1) is 24.9. The smallest absolute Gasteiger partial charge is 0.233 e. The lowest BCUT2D eigenvalue weighted by molar-refractivity contribution is 0.0787. The Kier molecular flexibility index (Phi) is 8.54. The zero-order valence-electron chi connectivity index (χ0n) is 20.0. The van der Waals surface area contributed by atoms with E-state index in [0.29, 0.717) is 67.9 Å². The van der Waals surface area contributed by atoms with Gasteiger partial charge < -0.3 is 25.2 Å². The van der Waals surface area contributed by atoms with Crippen LogP contribution in [0.4, 0.5) is 33.6 Å².